The van der Waals surface area contributed by atoms with Crippen LogP contribution >= 0.6 is 0 Å². The summed E-state index contributed by atoms with van der Waals surface area (Å²) in [7, 11) is 0. The second-order valence-corrected chi connectivity index (χ2v) is 7.48. The number of alkyl halides is 3. The topological polar surface area (TPSA) is 69.3 Å². The molecule has 0 fully saturated rings. The molecule has 1 aliphatic rings. The molecule has 0 amide bonds. The Hall–Kier alpha value is -3.59. The molecular weight excluding hydrogens is 423 g/mol. The molecule has 4 aromatic rings. The number of hydrogen-bond acceptors (Lipinski definition) is 5. The number of hydrogen-bond donors (Lipinski definition) is 1. The van der Waals surface area contributed by atoms with Crippen LogP contribution in [0.25, 0.3) is 16.7 Å². The maximum Gasteiger partial charge on any atom is 0.433 e. The number of halogens is 3. The van der Waals surface area contributed by atoms with Gasteiger partial charge in [0.1, 0.15) is 29.4 Å². The predicted molar refractivity (Wildman–Crippen MR) is 111 cm³/mol. The van der Waals surface area contributed by atoms with Gasteiger partial charge in [0, 0.05) is 48.8 Å². The van der Waals surface area contributed by atoms with E-state index >= 15 is 0 Å². The minimum Gasteiger partial charge on any atom is -0.487 e. The molecule has 5 rings (SSSR count). The molecule has 1 aliphatic heterocycles. The fourth-order valence-electron chi connectivity index (χ4n) is 3.79. The van der Waals surface area contributed by atoms with E-state index in [1.165, 1.54) is 22.8 Å². The van der Waals surface area contributed by atoms with Crippen molar-refractivity contribution in [3.05, 3.63) is 87.8 Å². The number of furan rings is 1. The molecule has 1 aromatic carbocycles. The molecule has 0 atom stereocenters. The average Bonchev–Trinajstić information content (AvgIpc) is 3.15. The third kappa shape index (κ3) is 3.87. The summed E-state index contributed by atoms with van der Waals surface area (Å²) >= 11 is 0. The van der Waals surface area contributed by atoms with E-state index in [4.69, 9.17) is 9.15 Å². The lowest BCUT2D eigenvalue weighted by atomic mass is 10.1. The minimum atomic E-state index is -4.53. The Labute approximate surface area is 180 Å². The molecule has 0 bridgehead atoms. The number of nitrogens with one attached hydrogen (secondary N) is 1. The summed E-state index contributed by atoms with van der Waals surface area (Å²) < 4.78 is 51.3. The Morgan fingerprint density at radius 3 is 2.84 bits per heavy atom. The predicted octanol–water partition coefficient (Wildman–Crippen LogP) is 4.22. The summed E-state index contributed by atoms with van der Waals surface area (Å²) in [5, 5.41) is 4.35. The van der Waals surface area contributed by atoms with Crippen molar-refractivity contribution in [2.45, 2.75) is 25.7 Å². The largest absolute Gasteiger partial charge is 0.487 e. The van der Waals surface area contributed by atoms with Crippen LogP contribution in [0.5, 0.6) is 5.75 Å². The van der Waals surface area contributed by atoms with Crippen molar-refractivity contribution < 1.29 is 22.3 Å². The normalized spacial score (nSPS) is 13.8. The first-order valence-corrected chi connectivity index (χ1v) is 10.0. The van der Waals surface area contributed by atoms with Crippen LogP contribution in [0.15, 0.2) is 63.9 Å². The van der Waals surface area contributed by atoms with Crippen molar-refractivity contribution in [2.75, 3.05) is 6.54 Å². The van der Waals surface area contributed by atoms with E-state index in [-0.39, 0.29) is 23.6 Å². The van der Waals surface area contributed by atoms with E-state index in [2.05, 4.69) is 10.3 Å². The van der Waals surface area contributed by atoms with Crippen LogP contribution in [-0.2, 0) is 25.7 Å². The molecule has 0 unspecified atom stereocenters. The molecule has 0 saturated heterocycles. The first-order valence-electron chi connectivity index (χ1n) is 10.0. The smallest absolute Gasteiger partial charge is 0.433 e. The molecule has 164 valence electrons. The second kappa shape index (κ2) is 7.83. The molecule has 32 heavy (non-hydrogen) atoms. The van der Waals surface area contributed by atoms with Gasteiger partial charge in [-0.15, -0.1) is 0 Å². The summed E-state index contributed by atoms with van der Waals surface area (Å²) in [5.74, 6) is 1.21. The van der Waals surface area contributed by atoms with E-state index in [0.29, 0.717) is 5.69 Å². The van der Waals surface area contributed by atoms with Gasteiger partial charge in [-0.05, 0) is 30.3 Å². The van der Waals surface area contributed by atoms with Gasteiger partial charge in [-0.25, -0.2) is 4.98 Å². The molecule has 0 radical (unpaired) electrons. The van der Waals surface area contributed by atoms with Crippen molar-refractivity contribution in [1.29, 1.82) is 0 Å². The van der Waals surface area contributed by atoms with Crippen molar-refractivity contribution >= 4 is 11.0 Å². The maximum absolute atomic E-state index is 12.8. The quantitative estimate of drug-likeness (QED) is 0.514. The lowest BCUT2D eigenvalue weighted by molar-refractivity contribution is -0.141. The number of fused-ring (bicyclic) bond motifs is 3. The number of nitrogens with zero attached hydrogens (tertiary/aromatic N) is 2. The second-order valence-electron chi connectivity index (χ2n) is 7.48. The number of rotatable bonds is 4. The summed E-state index contributed by atoms with van der Waals surface area (Å²) in [4.78, 5) is 16.2. The van der Waals surface area contributed by atoms with Crippen LogP contribution in [0.2, 0.25) is 0 Å². The minimum absolute atomic E-state index is 0.116. The Bertz CT molecular complexity index is 1360. The van der Waals surface area contributed by atoms with Gasteiger partial charge in [-0.3, -0.25) is 9.36 Å². The highest BCUT2D eigenvalue weighted by Gasteiger charge is 2.32. The molecule has 0 saturated carbocycles. The van der Waals surface area contributed by atoms with Gasteiger partial charge in [0.2, 0.25) is 0 Å². The van der Waals surface area contributed by atoms with Crippen LogP contribution in [0.1, 0.15) is 22.7 Å². The summed E-state index contributed by atoms with van der Waals surface area (Å²) in [5.41, 5.74) is 1.31. The van der Waals surface area contributed by atoms with E-state index in [1.807, 2.05) is 18.2 Å². The Morgan fingerprint density at radius 1 is 1.16 bits per heavy atom. The number of ether oxygens (including phenoxy) is 1. The van der Waals surface area contributed by atoms with Crippen molar-refractivity contribution in [3.8, 4) is 11.4 Å². The maximum atomic E-state index is 12.8. The zero-order valence-corrected chi connectivity index (χ0v) is 16.8. The highest BCUT2D eigenvalue weighted by Crippen LogP contribution is 2.30. The molecular formula is C23H18F3N3O3. The molecule has 3 aromatic heterocycles. The number of benzene rings is 1. The SMILES string of the molecule is O=c1cc(OCc2cccc(C(F)(F)F)n2)ccn1-c1ccc2c3c(oc2c1)CCNC3. The Balaban J connectivity index is 1.36. The van der Waals surface area contributed by atoms with Crippen molar-refractivity contribution in [2.24, 2.45) is 0 Å². The van der Waals surface area contributed by atoms with E-state index in [0.717, 1.165) is 47.9 Å². The van der Waals surface area contributed by atoms with Crippen LogP contribution in [0, 0.1) is 0 Å². The third-order valence-corrected chi connectivity index (χ3v) is 5.34. The zero-order chi connectivity index (χ0) is 22.3. The van der Waals surface area contributed by atoms with Gasteiger partial charge in [0.25, 0.3) is 5.56 Å². The molecule has 4 heterocycles. The summed E-state index contributed by atoms with van der Waals surface area (Å²) in [6.45, 7) is 1.44. The van der Waals surface area contributed by atoms with Gasteiger partial charge < -0.3 is 14.5 Å². The van der Waals surface area contributed by atoms with E-state index in [1.54, 1.807) is 12.3 Å². The zero-order valence-electron chi connectivity index (χ0n) is 16.8. The van der Waals surface area contributed by atoms with Gasteiger partial charge in [-0.1, -0.05) is 6.07 Å². The first-order chi connectivity index (χ1) is 15.4. The lowest BCUT2D eigenvalue weighted by Gasteiger charge is -2.11. The van der Waals surface area contributed by atoms with E-state index < -0.39 is 11.9 Å². The van der Waals surface area contributed by atoms with Crippen molar-refractivity contribution in [1.82, 2.24) is 14.9 Å². The molecule has 1 N–H and O–H groups in total. The van der Waals surface area contributed by atoms with E-state index in [9.17, 15) is 18.0 Å². The van der Waals surface area contributed by atoms with Gasteiger partial charge in [0.15, 0.2) is 0 Å². The van der Waals surface area contributed by atoms with Crippen molar-refractivity contribution in [3.63, 3.8) is 0 Å². The van der Waals surface area contributed by atoms with Crippen LogP contribution in [-0.4, -0.2) is 16.1 Å². The van der Waals surface area contributed by atoms with Gasteiger partial charge in [0.05, 0.1) is 11.4 Å². The fourth-order valence-corrected chi connectivity index (χ4v) is 3.79. The third-order valence-electron chi connectivity index (χ3n) is 5.34. The molecule has 9 heteroatoms. The van der Waals surface area contributed by atoms with Crippen LogP contribution in [0.3, 0.4) is 0 Å². The fraction of sp³-hybridized carbons (Fsp3) is 0.217. The first kappa shape index (κ1) is 20.3. The van der Waals surface area contributed by atoms with Crippen LogP contribution in [0.4, 0.5) is 13.2 Å². The molecule has 0 aliphatic carbocycles. The number of pyridine rings is 2. The highest BCUT2D eigenvalue weighted by atomic mass is 19.4. The van der Waals surface area contributed by atoms with Gasteiger partial charge >= 0.3 is 6.18 Å². The monoisotopic (exact) mass is 441 g/mol. The molecule has 6 nitrogen and oxygen atoms in total. The highest BCUT2D eigenvalue weighted by molar-refractivity contribution is 5.84. The summed E-state index contributed by atoms with van der Waals surface area (Å²) in [6, 6.07) is 12.1. The van der Waals surface area contributed by atoms with Crippen LogP contribution < -0.4 is 15.6 Å². The average molecular weight is 441 g/mol. The standard InChI is InChI=1S/C23H18F3N3O3/c24-23(25,26)21-3-1-2-14(28-21)13-31-16-7-9-29(22(30)11-16)15-4-5-17-18-12-27-8-6-19(18)32-20(17)10-15/h1-5,7,9-11,27H,6,8,12-13H2. The Kier molecular flexibility index (Phi) is 4.97. The molecule has 0 spiro atoms. The lowest BCUT2D eigenvalue weighted by Crippen LogP contribution is -2.22. The summed E-state index contributed by atoms with van der Waals surface area (Å²) in [6.07, 6.45) is -2.14. The van der Waals surface area contributed by atoms with Gasteiger partial charge in [-0.2, -0.15) is 13.2 Å². The Morgan fingerprint density at radius 2 is 2.03 bits per heavy atom. The number of aromatic nitrogens is 2.